The van der Waals surface area contributed by atoms with Gasteiger partial charge in [0.15, 0.2) is 0 Å². The molecule has 1 aromatic carbocycles. The molecular weight excluding hydrogens is 242 g/mol. The van der Waals surface area contributed by atoms with Crippen molar-refractivity contribution >= 4 is 5.97 Å². The SMILES string of the molecule is CCOC(=O)/C=C/CNCC1Cc2ccccc2O1. The molecule has 0 amide bonds. The van der Waals surface area contributed by atoms with Gasteiger partial charge in [-0.2, -0.15) is 0 Å². The third-order valence-corrected chi connectivity index (χ3v) is 2.89. The van der Waals surface area contributed by atoms with Crippen molar-refractivity contribution < 1.29 is 14.3 Å². The maximum Gasteiger partial charge on any atom is 0.330 e. The highest BCUT2D eigenvalue weighted by Crippen LogP contribution is 2.27. The molecular formula is C15H19NO3. The second-order valence-electron chi connectivity index (χ2n) is 4.36. The largest absolute Gasteiger partial charge is 0.488 e. The molecule has 0 spiro atoms. The molecule has 102 valence electrons. The van der Waals surface area contributed by atoms with E-state index in [-0.39, 0.29) is 12.1 Å². The summed E-state index contributed by atoms with van der Waals surface area (Å²) in [6.07, 6.45) is 4.32. The minimum absolute atomic E-state index is 0.174. The van der Waals surface area contributed by atoms with Crippen LogP contribution in [0.1, 0.15) is 12.5 Å². The lowest BCUT2D eigenvalue weighted by atomic mass is 10.1. The van der Waals surface area contributed by atoms with Crippen LogP contribution in [-0.4, -0.2) is 31.8 Å². The van der Waals surface area contributed by atoms with E-state index in [1.54, 1.807) is 13.0 Å². The number of carbonyl (C=O) groups is 1. The number of carbonyl (C=O) groups excluding carboxylic acids is 1. The Morgan fingerprint density at radius 1 is 1.53 bits per heavy atom. The Hall–Kier alpha value is -1.81. The van der Waals surface area contributed by atoms with Crippen molar-refractivity contribution in [2.24, 2.45) is 0 Å². The topological polar surface area (TPSA) is 47.6 Å². The molecule has 0 saturated carbocycles. The summed E-state index contributed by atoms with van der Waals surface area (Å²) >= 11 is 0. The zero-order chi connectivity index (χ0) is 13.5. The zero-order valence-corrected chi connectivity index (χ0v) is 11.1. The first-order valence-electron chi connectivity index (χ1n) is 6.58. The van der Waals surface area contributed by atoms with E-state index in [0.29, 0.717) is 13.2 Å². The van der Waals surface area contributed by atoms with Crippen LogP contribution in [0.4, 0.5) is 0 Å². The van der Waals surface area contributed by atoms with Crippen LogP contribution in [0, 0.1) is 0 Å². The third kappa shape index (κ3) is 4.10. The first-order chi connectivity index (χ1) is 9.29. The third-order valence-electron chi connectivity index (χ3n) is 2.89. The Morgan fingerprint density at radius 3 is 3.16 bits per heavy atom. The van der Waals surface area contributed by atoms with Gasteiger partial charge in [0.05, 0.1) is 6.61 Å². The first-order valence-corrected chi connectivity index (χ1v) is 6.58. The Morgan fingerprint density at radius 2 is 2.37 bits per heavy atom. The fraction of sp³-hybridized carbons (Fsp3) is 0.400. The molecule has 1 aromatic rings. The lowest BCUT2D eigenvalue weighted by Crippen LogP contribution is -2.30. The molecule has 4 heteroatoms. The van der Waals surface area contributed by atoms with Gasteiger partial charge in [0.25, 0.3) is 0 Å². The lowest BCUT2D eigenvalue weighted by Gasteiger charge is -2.10. The summed E-state index contributed by atoms with van der Waals surface area (Å²) in [5.74, 6) is 0.685. The molecule has 0 radical (unpaired) electrons. The Bertz CT molecular complexity index is 431. The van der Waals surface area contributed by atoms with Crippen molar-refractivity contribution in [3.05, 3.63) is 42.0 Å². The monoisotopic (exact) mass is 261 g/mol. The highest BCUT2D eigenvalue weighted by atomic mass is 16.5. The Balaban J connectivity index is 1.65. The number of hydrogen-bond acceptors (Lipinski definition) is 4. The molecule has 1 heterocycles. The van der Waals surface area contributed by atoms with Crippen molar-refractivity contribution in [2.75, 3.05) is 19.7 Å². The van der Waals surface area contributed by atoms with Crippen LogP contribution in [0.2, 0.25) is 0 Å². The standard InChI is InChI=1S/C15H19NO3/c1-2-18-15(17)8-5-9-16-11-13-10-12-6-3-4-7-14(12)19-13/h3-8,13,16H,2,9-11H2,1H3/b8-5+. The van der Waals surface area contributed by atoms with Gasteiger partial charge in [0.2, 0.25) is 0 Å². The van der Waals surface area contributed by atoms with E-state index in [1.165, 1.54) is 11.6 Å². The smallest absolute Gasteiger partial charge is 0.330 e. The van der Waals surface area contributed by atoms with Gasteiger partial charge < -0.3 is 14.8 Å². The molecule has 1 atom stereocenters. The van der Waals surface area contributed by atoms with Crippen molar-refractivity contribution in [1.29, 1.82) is 0 Å². The molecule has 2 rings (SSSR count). The van der Waals surface area contributed by atoms with Gasteiger partial charge in [0.1, 0.15) is 11.9 Å². The Labute approximate surface area is 113 Å². The van der Waals surface area contributed by atoms with E-state index in [0.717, 1.165) is 18.7 Å². The molecule has 0 aromatic heterocycles. The average molecular weight is 261 g/mol. The summed E-state index contributed by atoms with van der Waals surface area (Å²) in [5.41, 5.74) is 1.26. The minimum atomic E-state index is -0.297. The first kappa shape index (κ1) is 13.6. The van der Waals surface area contributed by atoms with Crippen LogP contribution in [0.3, 0.4) is 0 Å². The summed E-state index contributed by atoms with van der Waals surface area (Å²) in [6, 6.07) is 8.10. The van der Waals surface area contributed by atoms with Crippen LogP contribution < -0.4 is 10.1 Å². The molecule has 1 N–H and O–H groups in total. The van der Waals surface area contributed by atoms with Crippen LogP contribution in [0.15, 0.2) is 36.4 Å². The highest BCUT2D eigenvalue weighted by molar-refractivity contribution is 5.81. The average Bonchev–Trinajstić information content (AvgIpc) is 2.81. The van der Waals surface area contributed by atoms with Gasteiger partial charge in [-0.3, -0.25) is 0 Å². The summed E-state index contributed by atoms with van der Waals surface area (Å²) in [5, 5.41) is 3.24. The van der Waals surface area contributed by atoms with Crippen LogP contribution in [-0.2, 0) is 16.0 Å². The molecule has 19 heavy (non-hydrogen) atoms. The lowest BCUT2D eigenvalue weighted by molar-refractivity contribution is -0.137. The van der Waals surface area contributed by atoms with Crippen molar-refractivity contribution in [3.8, 4) is 5.75 Å². The van der Waals surface area contributed by atoms with Gasteiger partial charge in [-0.15, -0.1) is 0 Å². The van der Waals surface area contributed by atoms with E-state index < -0.39 is 0 Å². The fourth-order valence-corrected chi connectivity index (χ4v) is 2.04. The quantitative estimate of drug-likeness (QED) is 0.481. The van der Waals surface area contributed by atoms with Gasteiger partial charge in [-0.1, -0.05) is 24.3 Å². The summed E-state index contributed by atoms with van der Waals surface area (Å²) in [4.78, 5) is 11.0. The summed E-state index contributed by atoms with van der Waals surface area (Å²) in [7, 11) is 0. The number of ether oxygens (including phenoxy) is 2. The minimum Gasteiger partial charge on any atom is -0.488 e. The zero-order valence-electron chi connectivity index (χ0n) is 11.1. The molecule has 0 aliphatic carbocycles. The number of benzene rings is 1. The maximum atomic E-state index is 11.0. The molecule has 1 aliphatic heterocycles. The Kier molecular flexibility index (Phi) is 4.98. The van der Waals surface area contributed by atoms with Gasteiger partial charge >= 0.3 is 5.97 Å². The number of para-hydroxylation sites is 1. The number of rotatable bonds is 6. The molecule has 1 unspecified atom stereocenters. The fourth-order valence-electron chi connectivity index (χ4n) is 2.04. The van der Waals surface area contributed by atoms with E-state index in [9.17, 15) is 4.79 Å². The van der Waals surface area contributed by atoms with E-state index >= 15 is 0 Å². The molecule has 0 bridgehead atoms. The maximum absolute atomic E-state index is 11.0. The van der Waals surface area contributed by atoms with Gasteiger partial charge in [0, 0.05) is 25.6 Å². The molecule has 0 saturated heterocycles. The van der Waals surface area contributed by atoms with Gasteiger partial charge in [-0.05, 0) is 18.6 Å². The second kappa shape index (κ2) is 6.95. The number of hydrogen-bond donors (Lipinski definition) is 1. The number of fused-ring (bicyclic) bond motifs is 1. The number of esters is 1. The second-order valence-corrected chi connectivity index (χ2v) is 4.36. The summed E-state index contributed by atoms with van der Waals surface area (Å²) in [6.45, 7) is 3.60. The summed E-state index contributed by atoms with van der Waals surface area (Å²) < 4.78 is 10.6. The molecule has 0 fully saturated rings. The molecule has 4 nitrogen and oxygen atoms in total. The number of nitrogens with one attached hydrogen (secondary N) is 1. The normalized spacial score (nSPS) is 17.2. The van der Waals surface area contributed by atoms with Crippen molar-refractivity contribution in [2.45, 2.75) is 19.4 Å². The molecule has 1 aliphatic rings. The van der Waals surface area contributed by atoms with Crippen molar-refractivity contribution in [3.63, 3.8) is 0 Å². The van der Waals surface area contributed by atoms with Crippen LogP contribution >= 0.6 is 0 Å². The van der Waals surface area contributed by atoms with E-state index in [4.69, 9.17) is 9.47 Å². The van der Waals surface area contributed by atoms with Crippen molar-refractivity contribution in [1.82, 2.24) is 5.32 Å². The predicted molar refractivity (Wildman–Crippen MR) is 73.2 cm³/mol. The highest BCUT2D eigenvalue weighted by Gasteiger charge is 2.21. The van der Waals surface area contributed by atoms with Crippen LogP contribution in [0.5, 0.6) is 5.75 Å². The van der Waals surface area contributed by atoms with E-state index in [1.807, 2.05) is 18.2 Å². The van der Waals surface area contributed by atoms with E-state index in [2.05, 4.69) is 11.4 Å². The van der Waals surface area contributed by atoms with Gasteiger partial charge in [-0.25, -0.2) is 4.79 Å². The van der Waals surface area contributed by atoms with Crippen LogP contribution in [0.25, 0.3) is 0 Å². The predicted octanol–water partition coefficient (Wildman–Crippen LogP) is 1.70.